The van der Waals surface area contributed by atoms with E-state index in [1.807, 2.05) is 0 Å². The molecule has 1 aromatic rings. The van der Waals surface area contributed by atoms with Crippen LogP contribution in [0.4, 0.5) is 8.78 Å². The molecule has 72 valence electrons. The molecule has 1 heterocycles. The summed E-state index contributed by atoms with van der Waals surface area (Å²) in [5.74, 6) is 0.453. The standard InChI is InChI=1S/C7H7ClF2N2O/c1-4-11-5(8)2-7(12-4)13-3-6(9)10/h2,6H,3H2,1H3. The van der Waals surface area contributed by atoms with Crippen molar-refractivity contribution in [2.24, 2.45) is 0 Å². The molecule has 0 saturated carbocycles. The maximum absolute atomic E-state index is 11.7. The first-order chi connectivity index (χ1) is 6.08. The number of aryl methyl sites for hydroxylation is 1. The summed E-state index contributed by atoms with van der Waals surface area (Å²) in [5.41, 5.74) is 0. The second-order valence-electron chi connectivity index (χ2n) is 2.28. The Balaban J connectivity index is 2.66. The van der Waals surface area contributed by atoms with Gasteiger partial charge in [-0.2, -0.15) is 4.98 Å². The van der Waals surface area contributed by atoms with Crippen LogP contribution in [-0.4, -0.2) is 23.0 Å². The number of halogens is 3. The highest BCUT2D eigenvalue weighted by atomic mass is 35.5. The number of ether oxygens (including phenoxy) is 1. The van der Waals surface area contributed by atoms with Crippen LogP contribution in [0.2, 0.25) is 5.15 Å². The fraction of sp³-hybridized carbons (Fsp3) is 0.429. The summed E-state index contributed by atoms with van der Waals surface area (Å²) < 4.78 is 28.1. The molecule has 0 radical (unpaired) electrons. The Bertz CT molecular complexity index is 276. The Labute approximate surface area is 78.7 Å². The molecule has 6 heteroatoms. The number of nitrogens with zero attached hydrogens (tertiary/aromatic N) is 2. The molecule has 13 heavy (non-hydrogen) atoms. The van der Waals surface area contributed by atoms with Gasteiger partial charge in [-0.15, -0.1) is 0 Å². The van der Waals surface area contributed by atoms with E-state index in [4.69, 9.17) is 11.6 Å². The van der Waals surface area contributed by atoms with Gasteiger partial charge in [0.2, 0.25) is 5.88 Å². The van der Waals surface area contributed by atoms with Gasteiger partial charge in [-0.1, -0.05) is 11.6 Å². The first kappa shape index (κ1) is 10.1. The smallest absolute Gasteiger partial charge is 0.272 e. The summed E-state index contributed by atoms with van der Waals surface area (Å²) in [6.45, 7) is 0.911. The number of alkyl halides is 2. The van der Waals surface area contributed by atoms with E-state index in [9.17, 15) is 8.78 Å². The van der Waals surface area contributed by atoms with Gasteiger partial charge in [-0.3, -0.25) is 0 Å². The monoisotopic (exact) mass is 208 g/mol. The molecule has 0 aliphatic heterocycles. The molecule has 0 atom stereocenters. The summed E-state index contributed by atoms with van der Waals surface area (Å²) in [5, 5.41) is 0.178. The van der Waals surface area contributed by atoms with Gasteiger partial charge in [0.25, 0.3) is 6.43 Å². The second kappa shape index (κ2) is 4.32. The zero-order valence-electron chi connectivity index (χ0n) is 6.80. The highest BCUT2D eigenvalue weighted by Gasteiger charge is 2.05. The van der Waals surface area contributed by atoms with Crippen LogP contribution in [0.5, 0.6) is 5.88 Å². The highest BCUT2D eigenvalue weighted by molar-refractivity contribution is 6.29. The molecule has 0 unspecified atom stereocenters. The van der Waals surface area contributed by atoms with Crippen molar-refractivity contribution in [3.63, 3.8) is 0 Å². The zero-order chi connectivity index (χ0) is 9.84. The summed E-state index contributed by atoms with van der Waals surface area (Å²) in [6, 6.07) is 1.29. The van der Waals surface area contributed by atoms with Crippen LogP contribution in [0.1, 0.15) is 5.82 Å². The lowest BCUT2D eigenvalue weighted by Gasteiger charge is -2.04. The third-order valence-electron chi connectivity index (χ3n) is 1.14. The molecular formula is C7H7ClF2N2O. The van der Waals surface area contributed by atoms with E-state index < -0.39 is 13.0 Å². The molecule has 0 aliphatic rings. The van der Waals surface area contributed by atoms with Gasteiger partial charge in [-0.05, 0) is 6.92 Å². The van der Waals surface area contributed by atoms with Crippen LogP contribution in [0.3, 0.4) is 0 Å². The molecule has 0 bridgehead atoms. The molecule has 1 aromatic heterocycles. The van der Waals surface area contributed by atoms with Crippen molar-refractivity contribution in [1.29, 1.82) is 0 Å². The molecule has 3 nitrogen and oxygen atoms in total. The fourth-order valence-corrected chi connectivity index (χ4v) is 0.943. The SMILES string of the molecule is Cc1nc(Cl)cc(OCC(F)F)n1. The van der Waals surface area contributed by atoms with Gasteiger partial charge in [0.1, 0.15) is 11.0 Å². The van der Waals surface area contributed by atoms with Gasteiger partial charge in [0.05, 0.1) is 0 Å². The van der Waals surface area contributed by atoms with Crippen LogP contribution < -0.4 is 4.74 Å². The Morgan fingerprint density at radius 2 is 2.23 bits per heavy atom. The predicted molar refractivity (Wildman–Crippen MR) is 43.3 cm³/mol. The van der Waals surface area contributed by atoms with Crippen LogP contribution >= 0.6 is 11.6 Å². The van der Waals surface area contributed by atoms with Gasteiger partial charge in [0, 0.05) is 6.07 Å². The first-order valence-corrected chi connectivity index (χ1v) is 3.88. The van der Waals surface area contributed by atoms with E-state index >= 15 is 0 Å². The number of hydrogen-bond acceptors (Lipinski definition) is 3. The lowest BCUT2D eigenvalue weighted by atomic mass is 10.6. The van der Waals surface area contributed by atoms with Gasteiger partial charge >= 0.3 is 0 Å². The molecule has 0 aromatic carbocycles. The maximum Gasteiger partial charge on any atom is 0.272 e. The minimum atomic E-state index is -2.52. The van der Waals surface area contributed by atoms with E-state index in [0.717, 1.165) is 0 Å². The van der Waals surface area contributed by atoms with Crippen molar-refractivity contribution >= 4 is 11.6 Å². The molecule has 0 fully saturated rings. The summed E-state index contributed by atoms with van der Waals surface area (Å²) in [7, 11) is 0. The van der Waals surface area contributed by atoms with Crippen LogP contribution in [0, 0.1) is 6.92 Å². The van der Waals surface area contributed by atoms with Gasteiger partial charge in [0.15, 0.2) is 6.61 Å². The van der Waals surface area contributed by atoms with Gasteiger partial charge < -0.3 is 4.74 Å². The molecular weight excluding hydrogens is 202 g/mol. The Hall–Kier alpha value is -0.970. The van der Waals surface area contributed by atoms with E-state index in [-0.39, 0.29) is 11.0 Å². The Morgan fingerprint density at radius 3 is 2.77 bits per heavy atom. The minimum absolute atomic E-state index is 0.0674. The number of aromatic nitrogens is 2. The number of hydrogen-bond donors (Lipinski definition) is 0. The second-order valence-corrected chi connectivity index (χ2v) is 2.67. The Kier molecular flexibility index (Phi) is 3.36. The molecule has 0 amide bonds. The van der Waals surface area contributed by atoms with Crippen molar-refractivity contribution in [2.75, 3.05) is 6.61 Å². The first-order valence-electron chi connectivity index (χ1n) is 3.50. The number of rotatable bonds is 3. The molecule has 0 saturated heterocycles. The van der Waals surface area contributed by atoms with Crippen LogP contribution in [-0.2, 0) is 0 Å². The third kappa shape index (κ3) is 3.50. The van der Waals surface area contributed by atoms with Crippen molar-refractivity contribution < 1.29 is 13.5 Å². The predicted octanol–water partition coefficient (Wildman–Crippen LogP) is 2.08. The molecule has 0 spiro atoms. The average molecular weight is 209 g/mol. The van der Waals surface area contributed by atoms with Crippen LogP contribution in [0.15, 0.2) is 6.07 Å². The van der Waals surface area contributed by atoms with E-state index in [1.54, 1.807) is 6.92 Å². The average Bonchev–Trinajstić information content (AvgIpc) is 1.99. The van der Waals surface area contributed by atoms with Crippen molar-refractivity contribution in [3.8, 4) is 5.88 Å². The quantitative estimate of drug-likeness (QED) is 0.714. The van der Waals surface area contributed by atoms with Crippen molar-refractivity contribution in [3.05, 3.63) is 17.0 Å². The summed E-state index contributed by atoms with van der Waals surface area (Å²) in [4.78, 5) is 7.50. The fourth-order valence-electron chi connectivity index (χ4n) is 0.728. The normalized spacial score (nSPS) is 10.5. The lowest BCUT2D eigenvalue weighted by molar-refractivity contribution is 0.0794. The van der Waals surface area contributed by atoms with E-state index in [1.165, 1.54) is 6.07 Å². The third-order valence-corrected chi connectivity index (χ3v) is 1.33. The lowest BCUT2D eigenvalue weighted by Crippen LogP contribution is -2.08. The molecule has 0 N–H and O–H groups in total. The van der Waals surface area contributed by atoms with E-state index in [2.05, 4.69) is 14.7 Å². The Morgan fingerprint density at radius 1 is 1.54 bits per heavy atom. The molecule has 1 rings (SSSR count). The maximum atomic E-state index is 11.7. The summed E-state index contributed by atoms with van der Waals surface area (Å²) in [6.07, 6.45) is -2.52. The van der Waals surface area contributed by atoms with Gasteiger partial charge in [-0.25, -0.2) is 13.8 Å². The zero-order valence-corrected chi connectivity index (χ0v) is 7.55. The van der Waals surface area contributed by atoms with Crippen molar-refractivity contribution in [2.45, 2.75) is 13.3 Å². The van der Waals surface area contributed by atoms with E-state index in [0.29, 0.717) is 5.82 Å². The largest absolute Gasteiger partial charge is 0.471 e. The molecule has 0 aliphatic carbocycles. The summed E-state index contributed by atoms with van der Waals surface area (Å²) >= 11 is 5.55. The minimum Gasteiger partial charge on any atom is -0.471 e. The highest BCUT2D eigenvalue weighted by Crippen LogP contribution is 2.13. The van der Waals surface area contributed by atoms with Crippen molar-refractivity contribution in [1.82, 2.24) is 9.97 Å². The topological polar surface area (TPSA) is 35.0 Å². The van der Waals surface area contributed by atoms with Crippen LogP contribution in [0.25, 0.3) is 0 Å².